The third-order valence-corrected chi connectivity index (χ3v) is 11.8. The molecule has 0 aliphatic heterocycles. The molecule has 8 saturated carbocycles. The van der Waals surface area contributed by atoms with Crippen LogP contribution in [-0.4, -0.2) is 44.8 Å². The van der Waals surface area contributed by atoms with Crippen LogP contribution in [-0.2, 0) is 10.2 Å². The quantitative estimate of drug-likeness (QED) is 0.281. The van der Waals surface area contributed by atoms with Crippen molar-refractivity contribution in [1.82, 2.24) is 20.3 Å². The number of nitrogens with zero attached hydrogens (tertiary/aromatic N) is 5. The van der Waals surface area contributed by atoms with E-state index < -0.39 is 23.4 Å². The number of amides is 1. The maximum Gasteiger partial charge on any atom is 0.260 e. The predicted octanol–water partition coefficient (Wildman–Crippen LogP) is 6.88. The van der Waals surface area contributed by atoms with Gasteiger partial charge >= 0.3 is 0 Å². The van der Waals surface area contributed by atoms with Crippen molar-refractivity contribution in [3.63, 3.8) is 0 Å². The number of hydrogen-bond donors (Lipinski definition) is 0. The van der Waals surface area contributed by atoms with E-state index in [0.717, 1.165) is 68.4 Å². The lowest BCUT2D eigenvalue weighted by Crippen LogP contribution is -2.54. The summed E-state index contributed by atoms with van der Waals surface area (Å²) >= 11 is 0. The SMILES string of the molecule is O=C(N(CC12CCC(c3noc(C4CC4(F)F)n3)(CC1)CC2)c1cccc(-c2nc(C3CC3)no2)c1)C12CC(F)C(C1)C2. The van der Waals surface area contributed by atoms with Crippen molar-refractivity contribution in [2.75, 3.05) is 11.4 Å². The van der Waals surface area contributed by atoms with Crippen molar-refractivity contribution in [1.29, 1.82) is 0 Å². The molecule has 2 heterocycles. The number of halogens is 3. The van der Waals surface area contributed by atoms with Gasteiger partial charge in [0.25, 0.3) is 11.8 Å². The van der Waals surface area contributed by atoms with Crippen molar-refractivity contribution in [3.05, 3.63) is 41.8 Å². The van der Waals surface area contributed by atoms with Gasteiger partial charge in [-0.05, 0) is 100 Å². The topological polar surface area (TPSA) is 98.2 Å². The summed E-state index contributed by atoms with van der Waals surface area (Å²) in [5.74, 6) is -1.51. The molecule has 8 fully saturated rings. The van der Waals surface area contributed by atoms with Crippen LogP contribution in [0.4, 0.5) is 18.9 Å². The molecule has 0 N–H and O–H groups in total. The van der Waals surface area contributed by atoms with Gasteiger partial charge in [0.05, 0.1) is 5.41 Å². The van der Waals surface area contributed by atoms with Crippen LogP contribution in [0.25, 0.3) is 11.5 Å². The fraction of sp³-hybridized carbons (Fsp3) is 0.656. The maximum absolute atomic E-state index is 14.6. The van der Waals surface area contributed by atoms with E-state index in [1.165, 1.54) is 0 Å². The molecule has 43 heavy (non-hydrogen) atoms. The third-order valence-electron chi connectivity index (χ3n) is 11.8. The maximum atomic E-state index is 14.6. The molecule has 226 valence electrons. The van der Waals surface area contributed by atoms with E-state index >= 15 is 0 Å². The number of aromatic nitrogens is 4. The minimum absolute atomic E-state index is 0.00467. The van der Waals surface area contributed by atoms with Crippen LogP contribution in [0.1, 0.15) is 106 Å². The van der Waals surface area contributed by atoms with Gasteiger partial charge in [0.2, 0.25) is 11.8 Å². The van der Waals surface area contributed by atoms with Crippen molar-refractivity contribution in [2.45, 2.75) is 106 Å². The molecule has 2 aromatic heterocycles. The van der Waals surface area contributed by atoms with E-state index in [1.807, 2.05) is 29.2 Å². The van der Waals surface area contributed by atoms with Crippen molar-refractivity contribution < 1.29 is 27.0 Å². The lowest BCUT2D eigenvalue weighted by Gasteiger charge is -2.54. The Morgan fingerprint density at radius 3 is 2.35 bits per heavy atom. The highest BCUT2D eigenvalue weighted by Gasteiger charge is 2.63. The number of hydrogen-bond acceptors (Lipinski definition) is 7. The summed E-state index contributed by atoms with van der Waals surface area (Å²) < 4.78 is 52.8. The van der Waals surface area contributed by atoms with Crippen LogP contribution in [0.5, 0.6) is 0 Å². The molecule has 11 rings (SSSR count). The van der Waals surface area contributed by atoms with Crippen LogP contribution in [0.15, 0.2) is 33.3 Å². The van der Waals surface area contributed by atoms with E-state index in [-0.39, 0.29) is 35.0 Å². The normalized spacial score (nSPS) is 36.9. The van der Waals surface area contributed by atoms with Crippen LogP contribution >= 0.6 is 0 Å². The Kier molecular flexibility index (Phi) is 5.29. The number of benzene rings is 1. The van der Waals surface area contributed by atoms with Crippen molar-refractivity contribution in [3.8, 4) is 11.5 Å². The molecular formula is C32H34F3N5O3. The van der Waals surface area contributed by atoms with Gasteiger partial charge in [-0.3, -0.25) is 4.79 Å². The standard InChI is InChI=1S/C32H34F3N5O3/c33-23-16-31(13-20(23)14-31)28(41)40(21-3-1-2-19(12-21)25-36-24(38-42-25)18-4-5-18)17-29-6-9-30(10-7-29,11-8-29)27-37-26(43-39-27)22-15-32(22,34)35/h1-3,12,18,20,22-23H,4-11,13-17H2. The van der Waals surface area contributed by atoms with E-state index in [9.17, 15) is 18.0 Å². The number of rotatable bonds is 8. The Balaban J connectivity index is 0.989. The average Bonchev–Trinajstić information content (AvgIpc) is 3.63. The van der Waals surface area contributed by atoms with E-state index in [1.54, 1.807) is 0 Å². The predicted molar refractivity (Wildman–Crippen MR) is 147 cm³/mol. The minimum atomic E-state index is -2.74. The van der Waals surface area contributed by atoms with Gasteiger partial charge in [-0.1, -0.05) is 16.4 Å². The summed E-state index contributed by atoms with van der Waals surface area (Å²) in [5.41, 5.74) is 0.553. The molecule has 1 amide bonds. The molecule has 11 heteroatoms. The number of anilines is 1. The zero-order chi connectivity index (χ0) is 29.2. The third kappa shape index (κ3) is 4.05. The van der Waals surface area contributed by atoms with Gasteiger partial charge in [0.15, 0.2) is 11.6 Å². The number of fused-ring (bicyclic) bond motifs is 4. The second-order valence-electron chi connectivity index (χ2n) is 14.6. The first-order valence-electron chi connectivity index (χ1n) is 15.8. The largest absolute Gasteiger partial charge is 0.339 e. The zero-order valence-electron chi connectivity index (χ0n) is 23.9. The monoisotopic (exact) mass is 593 g/mol. The highest BCUT2D eigenvalue weighted by atomic mass is 19.3. The van der Waals surface area contributed by atoms with Crippen LogP contribution in [0.3, 0.4) is 0 Å². The first kappa shape index (κ1) is 26.2. The first-order chi connectivity index (χ1) is 20.7. The molecule has 2 atom stereocenters. The fourth-order valence-corrected chi connectivity index (χ4v) is 8.65. The Hall–Kier alpha value is -3.24. The lowest BCUT2D eigenvalue weighted by atomic mass is 9.53. The molecule has 0 spiro atoms. The highest BCUT2D eigenvalue weighted by Crippen LogP contribution is 2.62. The smallest absolute Gasteiger partial charge is 0.260 e. The zero-order valence-corrected chi connectivity index (χ0v) is 23.9. The minimum Gasteiger partial charge on any atom is -0.339 e. The molecule has 8 aliphatic rings. The first-order valence-corrected chi connectivity index (χ1v) is 15.8. The summed E-state index contributed by atoms with van der Waals surface area (Å²) in [6.45, 7) is 0.553. The fourth-order valence-electron chi connectivity index (χ4n) is 8.65. The number of carbonyl (C=O) groups excluding carboxylic acids is 1. The van der Waals surface area contributed by atoms with Crippen LogP contribution in [0, 0.1) is 16.7 Å². The molecule has 0 saturated heterocycles. The van der Waals surface area contributed by atoms with Gasteiger partial charge in [-0.25, -0.2) is 13.2 Å². The van der Waals surface area contributed by atoms with Crippen molar-refractivity contribution in [2.24, 2.45) is 16.7 Å². The van der Waals surface area contributed by atoms with Gasteiger partial charge in [-0.2, -0.15) is 9.97 Å². The van der Waals surface area contributed by atoms with Gasteiger partial charge in [0, 0.05) is 35.5 Å². The highest BCUT2D eigenvalue weighted by molar-refractivity contribution is 5.99. The Labute approximate surface area is 246 Å². The number of carbonyl (C=O) groups is 1. The van der Waals surface area contributed by atoms with E-state index in [0.29, 0.717) is 43.4 Å². The van der Waals surface area contributed by atoms with Gasteiger partial charge in [-0.15, -0.1) is 0 Å². The molecular weight excluding hydrogens is 559 g/mol. The summed E-state index contributed by atoms with van der Waals surface area (Å²) in [6.07, 6.45) is 7.63. The van der Waals surface area contributed by atoms with E-state index in [2.05, 4.69) is 20.3 Å². The van der Waals surface area contributed by atoms with Crippen molar-refractivity contribution >= 4 is 11.6 Å². The second kappa shape index (κ2) is 8.69. The molecule has 1 aromatic carbocycles. The summed E-state index contributed by atoms with van der Waals surface area (Å²) in [5, 5.41) is 8.35. The van der Waals surface area contributed by atoms with Crippen LogP contribution < -0.4 is 4.90 Å². The molecule has 4 bridgehead atoms. The molecule has 2 unspecified atom stereocenters. The number of alkyl halides is 3. The molecule has 8 nitrogen and oxygen atoms in total. The Morgan fingerprint density at radius 2 is 1.70 bits per heavy atom. The summed E-state index contributed by atoms with van der Waals surface area (Å²) in [6, 6.07) is 7.75. The second-order valence-corrected chi connectivity index (χ2v) is 14.6. The summed E-state index contributed by atoms with van der Waals surface area (Å²) in [7, 11) is 0. The molecule has 3 aromatic rings. The average molecular weight is 594 g/mol. The molecule has 0 radical (unpaired) electrons. The lowest BCUT2D eigenvalue weighted by molar-refractivity contribution is -0.132. The summed E-state index contributed by atoms with van der Waals surface area (Å²) in [4.78, 5) is 25.4. The molecule has 8 aliphatic carbocycles. The van der Waals surface area contributed by atoms with Gasteiger partial charge < -0.3 is 13.9 Å². The Morgan fingerprint density at radius 1 is 0.953 bits per heavy atom. The van der Waals surface area contributed by atoms with Gasteiger partial charge in [0.1, 0.15) is 12.1 Å². The van der Waals surface area contributed by atoms with Crippen LogP contribution in [0.2, 0.25) is 0 Å². The van der Waals surface area contributed by atoms with E-state index in [4.69, 9.17) is 9.05 Å². The Bertz CT molecular complexity index is 1580.